The van der Waals surface area contributed by atoms with Gasteiger partial charge >= 0.3 is 0 Å². The van der Waals surface area contributed by atoms with Crippen molar-refractivity contribution in [3.05, 3.63) is 23.8 Å². The van der Waals surface area contributed by atoms with Crippen LogP contribution in [0, 0.1) is 0 Å². The van der Waals surface area contributed by atoms with Crippen molar-refractivity contribution >= 4 is 40.2 Å². The zero-order valence-electron chi connectivity index (χ0n) is 17.5. The molecule has 0 saturated carbocycles. The Hall–Kier alpha value is -1.39. The highest BCUT2D eigenvalue weighted by Crippen LogP contribution is 2.34. The van der Waals surface area contributed by atoms with E-state index in [-0.39, 0.29) is 5.54 Å². The Labute approximate surface area is 165 Å². The predicted molar refractivity (Wildman–Crippen MR) is 121 cm³/mol. The van der Waals surface area contributed by atoms with Gasteiger partial charge in [-0.25, -0.2) is 0 Å². The number of nitrogens with one attached hydrogen (secondary N) is 2. The fourth-order valence-electron chi connectivity index (χ4n) is 1.99. The van der Waals surface area contributed by atoms with Gasteiger partial charge in [0.05, 0.1) is 6.21 Å². The van der Waals surface area contributed by atoms with E-state index in [0.29, 0.717) is 5.11 Å². The van der Waals surface area contributed by atoms with Crippen LogP contribution in [0.15, 0.2) is 23.3 Å². The summed E-state index contributed by atoms with van der Waals surface area (Å²) in [6.07, 6.45) is 1.73. The number of rotatable bonds is 6. The molecule has 0 aliphatic heterocycles. The van der Waals surface area contributed by atoms with Crippen LogP contribution in [-0.4, -0.2) is 33.5 Å². The molecule has 5 nitrogen and oxygen atoms in total. The Morgan fingerprint density at radius 2 is 1.62 bits per heavy atom. The van der Waals surface area contributed by atoms with Crippen LogP contribution in [0.5, 0.6) is 11.5 Å². The van der Waals surface area contributed by atoms with Crippen molar-refractivity contribution in [3.8, 4) is 11.5 Å². The Balaban J connectivity index is 3.07. The standard InChI is InChI=1S/C18H33N3O2SSi2/c1-18(2,3)20-17(24)21-19-13-14-11-10-12-15(22-25(4,5)6)16(14)23-26(7,8)9/h10-13H,1-9H3,(H2,20,21,24)/b19-13+. The predicted octanol–water partition coefficient (Wildman–Crippen LogP) is 4.71. The molecule has 0 bridgehead atoms. The minimum absolute atomic E-state index is 0.114. The molecule has 0 radical (unpaired) electrons. The van der Waals surface area contributed by atoms with Gasteiger partial charge in [-0.3, -0.25) is 5.43 Å². The maximum atomic E-state index is 6.32. The molecule has 2 N–H and O–H groups in total. The number of benzene rings is 1. The van der Waals surface area contributed by atoms with Gasteiger partial charge in [-0.05, 0) is 84.4 Å². The molecule has 0 atom stereocenters. The fourth-order valence-corrected chi connectivity index (χ4v) is 4.00. The minimum atomic E-state index is -1.81. The molecule has 0 saturated heterocycles. The topological polar surface area (TPSA) is 54.9 Å². The number of nitrogens with zero attached hydrogens (tertiary/aromatic N) is 1. The highest BCUT2D eigenvalue weighted by atomic mass is 32.1. The van der Waals surface area contributed by atoms with E-state index in [4.69, 9.17) is 21.1 Å². The van der Waals surface area contributed by atoms with Crippen molar-refractivity contribution in [1.82, 2.24) is 10.7 Å². The second-order valence-corrected chi connectivity index (χ2v) is 18.4. The van der Waals surface area contributed by atoms with Crippen molar-refractivity contribution in [2.24, 2.45) is 5.10 Å². The minimum Gasteiger partial charge on any atom is -0.542 e. The van der Waals surface area contributed by atoms with Crippen LogP contribution in [0.2, 0.25) is 39.3 Å². The summed E-state index contributed by atoms with van der Waals surface area (Å²) in [5.74, 6) is 1.54. The number of thiocarbonyl (C=S) groups is 1. The SMILES string of the molecule is CC(C)(C)NC(=S)N/N=C/c1cccc(O[Si](C)(C)C)c1O[Si](C)(C)C. The van der Waals surface area contributed by atoms with Gasteiger partial charge < -0.3 is 14.2 Å². The van der Waals surface area contributed by atoms with Crippen molar-refractivity contribution < 1.29 is 8.85 Å². The molecule has 1 aromatic carbocycles. The van der Waals surface area contributed by atoms with E-state index in [9.17, 15) is 0 Å². The smallest absolute Gasteiger partial charge is 0.242 e. The molecule has 0 aromatic heterocycles. The number of hydrazone groups is 1. The average molecular weight is 412 g/mol. The molecule has 0 aliphatic carbocycles. The first-order valence-electron chi connectivity index (χ1n) is 8.79. The van der Waals surface area contributed by atoms with Crippen LogP contribution in [0.4, 0.5) is 0 Å². The quantitative estimate of drug-likeness (QED) is 0.307. The van der Waals surface area contributed by atoms with Gasteiger partial charge in [0.25, 0.3) is 0 Å². The molecule has 1 aromatic rings. The number of hydrogen-bond donors (Lipinski definition) is 2. The first-order valence-corrected chi connectivity index (χ1v) is 16.0. The van der Waals surface area contributed by atoms with Gasteiger partial charge in [-0.15, -0.1) is 0 Å². The molecule has 26 heavy (non-hydrogen) atoms. The summed E-state index contributed by atoms with van der Waals surface area (Å²) in [5.41, 5.74) is 3.61. The second kappa shape index (κ2) is 8.54. The zero-order chi connectivity index (χ0) is 20.2. The van der Waals surface area contributed by atoms with Gasteiger partial charge in [-0.2, -0.15) is 5.10 Å². The Morgan fingerprint density at radius 1 is 1.04 bits per heavy atom. The number of para-hydroxylation sites is 1. The Bertz CT molecular complexity index is 660. The van der Waals surface area contributed by atoms with E-state index in [1.165, 1.54) is 0 Å². The van der Waals surface area contributed by atoms with Crippen LogP contribution in [-0.2, 0) is 0 Å². The highest BCUT2D eigenvalue weighted by Gasteiger charge is 2.24. The van der Waals surface area contributed by atoms with Crippen LogP contribution in [0.3, 0.4) is 0 Å². The Kier molecular flexibility index (Phi) is 7.44. The summed E-state index contributed by atoms with van der Waals surface area (Å²) >= 11 is 5.26. The number of hydrogen-bond acceptors (Lipinski definition) is 4. The van der Waals surface area contributed by atoms with Gasteiger partial charge in [0, 0.05) is 11.1 Å². The summed E-state index contributed by atoms with van der Waals surface area (Å²) in [5, 5.41) is 7.91. The second-order valence-electron chi connectivity index (χ2n) is 9.18. The van der Waals surface area contributed by atoms with Crippen molar-refractivity contribution in [2.45, 2.75) is 65.6 Å². The van der Waals surface area contributed by atoms with E-state index < -0.39 is 16.6 Å². The summed E-state index contributed by atoms with van der Waals surface area (Å²) in [7, 11) is -3.57. The first-order chi connectivity index (χ1) is 11.7. The fraction of sp³-hybridized carbons (Fsp3) is 0.556. The molecule has 1 rings (SSSR count). The normalized spacial score (nSPS) is 12.8. The highest BCUT2D eigenvalue weighted by molar-refractivity contribution is 7.80. The van der Waals surface area contributed by atoms with Gasteiger partial charge in [0.15, 0.2) is 10.9 Å². The van der Waals surface area contributed by atoms with E-state index in [2.05, 4.69) is 55.1 Å². The largest absolute Gasteiger partial charge is 0.542 e. The molecule has 0 aliphatic rings. The van der Waals surface area contributed by atoms with Crippen LogP contribution < -0.4 is 19.6 Å². The monoisotopic (exact) mass is 411 g/mol. The van der Waals surface area contributed by atoms with E-state index in [0.717, 1.165) is 17.1 Å². The zero-order valence-corrected chi connectivity index (χ0v) is 20.3. The molecule has 0 unspecified atom stereocenters. The lowest BCUT2D eigenvalue weighted by atomic mass is 10.1. The summed E-state index contributed by atoms with van der Waals surface area (Å²) in [4.78, 5) is 0. The van der Waals surface area contributed by atoms with Crippen molar-refractivity contribution in [2.75, 3.05) is 0 Å². The van der Waals surface area contributed by atoms with Crippen molar-refractivity contribution in [3.63, 3.8) is 0 Å². The maximum Gasteiger partial charge on any atom is 0.242 e. The van der Waals surface area contributed by atoms with Gasteiger partial charge in [-0.1, -0.05) is 6.07 Å². The van der Waals surface area contributed by atoms with Crippen LogP contribution in [0.25, 0.3) is 0 Å². The summed E-state index contributed by atoms with van der Waals surface area (Å²) < 4.78 is 12.5. The molecule has 8 heteroatoms. The molecule has 146 valence electrons. The first kappa shape index (κ1) is 22.7. The maximum absolute atomic E-state index is 6.32. The van der Waals surface area contributed by atoms with Crippen molar-refractivity contribution in [1.29, 1.82) is 0 Å². The van der Waals surface area contributed by atoms with Crippen LogP contribution >= 0.6 is 12.2 Å². The van der Waals surface area contributed by atoms with E-state index in [1.54, 1.807) is 6.21 Å². The van der Waals surface area contributed by atoms with E-state index in [1.807, 2.05) is 39.0 Å². The molecule has 0 amide bonds. The van der Waals surface area contributed by atoms with Crippen LogP contribution in [0.1, 0.15) is 26.3 Å². The molecular weight excluding hydrogens is 378 g/mol. The lowest BCUT2D eigenvalue weighted by Gasteiger charge is -2.27. The van der Waals surface area contributed by atoms with Gasteiger partial charge in [0.1, 0.15) is 5.75 Å². The van der Waals surface area contributed by atoms with E-state index >= 15 is 0 Å². The molecule has 0 heterocycles. The Morgan fingerprint density at radius 3 is 2.12 bits per heavy atom. The third-order valence-corrected chi connectivity index (χ3v) is 4.53. The molecular formula is C18H33N3O2SSi2. The molecule has 0 spiro atoms. The lowest BCUT2D eigenvalue weighted by Crippen LogP contribution is -2.44. The summed E-state index contributed by atoms with van der Waals surface area (Å²) in [6.45, 7) is 19.1. The average Bonchev–Trinajstić information content (AvgIpc) is 2.37. The molecule has 0 fully saturated rings. The third-order valence-electron chi connectivity index (χ3n) is 2.69. The summed E-state index contributed by atoms with van der Waals surface area (Å²) in [6, 6.07) is 5.89. The third kappa shape index (κ3) is 9.35. The lowest BCUT2D eigenvalue weighted by molar-refractivity contribution is 0.488. The van der Waals surface area contributed by atoms with Gasteiger partial charge in [0.2, 0.25) is 16.6 Å².